The van der Waals surface area contributed by atoms with E-state index in [9.17, 15) is 0 Å². The SMILES string of the molecule is CSCCC(C)N(C)c1nc2sccn2c1CNC(C)C. The van der Waals surface area contributed by atoms with E-state index in [4.69, 9.17) is 4.98 Å². The minimum atomic E-state index is 0.473. The molecule has 6 heteroatoms. The van der Waals surface area contributed by atoms with E-state index in [0.717, 1.165) is 17.3 Å². The third-order valence-corrected chi connectivity index (χ3v) is 5.15. The number of hydrogen-bond donors (Lipinski definition) is 1. The van der Waals surface area contributed by atoms with Crippen LogP contribution in [-0.2, 0) is 6.54 Å². The van der Waals surface area contributed by atoms with E-state index in [0.29, 0.717) is 12.1 Å². The molecule has 2 aromatic rings. The number of thioether (sulfide) groups is 1. The largest absolute Gasteiger partial charge is 0.355 e. The average molecular weight is 327 g/mol. The van der Waals surface area contributed by atoms with Gasteiger partial charge < -0.3 is 10.2 Å². The lowest BCUT2D eigenvalue weighted by Crippen LogP contribution is -2.31. The maximum absolute atomic E-state index is 4.84. The Labute approximate surface area is 135 Å². The van der Waals surface area contributed by atoms with Crippen LogP contribution in [0.5, 0.6) is 0 Å². The first-order valence-corrected chi connectivity index (χ1v) is 9.71. The van der Waals surface area contributed by atoms with Crippen LogP contribution in [0.3, 0.4) is 0 Å². The van der Waals surface area contributed by atoms with Crippen molar-refractivity contribution in [2.45, 2.75) is 45.8 Å². The number of aromatic nitrogens is 2. The molecule has 0 radical (unpaired) electrons. The molecule has 0 aliphatic rings. The van der Waals surface area contributed by atoms with E-state index in [1.807, 2.05) is 11.8 Å². The van der Waals surface area contributed by atoms with Crippen LogP contribution in [0.15, 0.2) is 11.6 Å². The maximum Gasteiger partial charge on any atom is 0.195 e. The lowest BCUT2D eigenvalue weighted by Gasteiger charge is -2.26. The molecule has 21 heavy (non-hydrogen) atoms. The van der Waals surface area contributed by atoms with Crippen LogP contribution in [0.4, 0.5) is 5.82 Å². The van der Waals surface area contributed by atoms with Crippen LogP contribution in [0.1, 0.15) is 32.9 Å². The summed E-state index contributed by atoms with van der Waals surface area (Å²) in [4.78, 5) is 8.25. The predicted molar refractivity (Wildman–Crippen MR) is 95.9 cm³/mol. The lowest BCUT2D eigenvalue weighted by molar-refractivity contribution is 0.576. The summed E-state index contributed by atoms with van der Waals surface area (Å²) >= 11 is 3.60. The summed E-state index contributed by atoms with van der Waals surface area (Å²) in [6, 6.07) is 0.973. The summed E-state index contributed by atoms with van der Waals surface area (Å²) in [6.07, 6.45) is 5.46. The lowest BCUT2D eigenvalue weighted by atomic mass is 10.2. The second-order valence-corrected chi connectivity index (χ2v) is 7.57. The number of imidazole rings is 1. The number of hydrogen-bond acceptors (Lipinski definition) is 5. The molecule has 0 aliphatic heterocycles. The Morgan fingerprint density at radius 3 is 2.86 bits per heavy atom. The van der Waals surface area contributed by atoms with Crippen molar-refractivity contribution in [1.82, 2.24) is 14.7 Å². The van der Waals surface area contributed by atoms with Crippen LogP contribution < -0.4 is 10.2 Å². The topological polar surface area (TPSA) is 32.6 Å². The van der Waals surface area contributed by atoms with Crippen LogP contribution >= 0.6 is 23.1 Å². The molecule has 0 saturated heterocycles. The molecule has 1 unspecified atom stereocenters. The minimum Gasteiger partial charge on any atom is -0.355 e. The molecule has 0 aliphatic carbocycles. The van der Waals surface area contributed by atoms with E-state index in [2.05, 4.69) is 60.3 Å². The molecule has 0 saturated carbocycles. The fraction of sp³-hybridized carbons (Fsp3) is 0.667. The van der Waals surface area contributed by atoms with Gasteiger partial charge in [0.15, 0.2) is 10.8 Å². The molecule has 1 atom stereocenters. The molecular weight excluding hydrogens is 300 g/mol. The Balaban J connectivity index is 2.24. The van der Waals surface area contributed by atoms with E-state index < -0.39 is 0 Å². The van der Waals surface area contributed by atoms with E-state index in [1.54, 1.807) is 11.3 Å². The molecule has 4 nitrogen and oxygen atoms in total. The quantitative estimate of drug-likeness (QED) is 0.805. The third kappa shape index (κ3) is 3.93. The Kier molecular flexibility index (Phi) is 5.96. The zero-order valence-electron chi connectivity index (χ0n) is 13.6. The van der Waals surface area contributed by atoms with Gasteiger partial charge in [-0.15, -0.1) is 11.3 Å². The van der Waals surface area contributed by atoms with Crippen molar-refractivity contribution in [2.75, 3.05) is 24.0 Å². The van der Waals surface area contributed by atoms with Gasteiger partial charge in [-0.05, 0) is 25.4 Å². The fourth-order valence-electron chi connectivity index (χ4n) is 2.26. The Hall–Kier alpha value is -0.720. The highest BCUT2D eigenvalue weighted by molar-refractivity contribution is 7.98. The second kappa shape index (κ2) is 7.51. The molecular formula is C15H26N4S2. The first-order valence-electron chi connectivity index (χ1n) is 7.44. The summed E-state index contributed by atoms with van der Waals surface area (Å²) in [7, 11) is 2.16. The molecule has 0 amide bonds. The molecule has 0 aromatic carbocycles. The highest BCUT2D eigenvalue weighted by Gasteiger charge is 2.20. The van der Waals surface area contributed by atoms with Gasteiger partial charge in [0.1, 0.15) is 0 Å². The molecule has 118 valence electrons. The van der Waals surface area contributed by atoms with Crippen molar-refractivity contribution in [3.8, 4) is 0 Å². The standard InChI is InChI=1S/C15H26N4S2/c1-11(2)16-10-13-14(17-15-19(13)7-9-21-15)18(4)12(3)6-8-20-5/h7,9,11-12,16H,6,8,10H2,1-5H3. The third-order valence-electron chi connectivity index (χ3n) is 3.75. The smallest absolute Gasteiger partial charge is 0.195 e. The highest BCUT2D eigenvalue weighted by atomic mass is 32.2. The molecule has 0 spiro atoms. The van der Waals surface area contributed by atoms with Gasteiger partial charge in [0, 0.05) is 37.3 Å². The van der Waals surface area contributed by atoms with E-state index in [-0.39, 0.29) is 0 Å². The van der Waals surface area contributed by atoms with Crippen LogP contribution in [0.25, 0.3) is 4.96 Å². The van der Waals surface area contributed by atoms with Crippen molar-refractivity contribution < 1.29 is 0 Å². The average Bonchev–Trinajstić information content (AvgIpc) is 3.02. The first-order chi connectivity index (χ1) is 10.0. The van der Waals surface area contributed by atoms with Crippen LogP contribution in [0.2, 0.25) is 0 Å². The molecule has 2 aromatic heterocycles. The maximum atomic E-state index is 4.84. The Morgan fingerprint density at radius 2 is 2.19 bits per heavy atom. The van der Waals surface area contributed by atoms with Gasteiger partial charge in [0.25, 0.3) is 0 Å². The van der Waals surface area contributed by atoms with Crippen molar-refractivity contribution in [1.29, 1.82) is 0 Å². The van der Waals surface area contributed by atoms with Crippen LogP contribution in [-0.4, -0.2) is 40.5 Å². The number of thiazole rings is 1. The van der Waals surface area contributed by atoms with Crippen molar-refractivity contribution in [3.63, 3.8) is 0 Å². The molecule has 0 fully saturated rings. The van der Waals surface area contributed by atoms with Gasteiger partial charge in [-0.2, -0.15) is 11.8 Å². The van der Waals surface area contributed by atoms with Gasteiger partial charge in [0.05, 0.1) is 5.69 Å². The summed E-state index contributed by atoms with van der Waals surface area (Å²) in [5.41, 5.74) is 1.26. The number of nitrogens with zero attached hydrogens (tertiary/aromatic N) is 3. The fourth-order valence-corrected chi connectivity index (χ4v) is 3.56. The monoisotopic (exact) mass is 326 g/mol. The Bertz CT molecular complexity index is 561. The highest BCUT2D eigenvalue weighted by Crippen LogP contribution is 2.26. The molecule has 0 bridgehead atoms. The van der Waals surface area contributed by atoms with E-state index in [1.165, 1.54) is 17.9 Å². The van der Waals surface area contributed by atoms with Gasteiger partial charge >= 0.3 is 0 Å². The number of anilines is 1. The molecule has 1 N–H and O–H groups in total. The van der Waals surface area contributed by atoms with Crippen molar-refractivity contribution in [3.05, 3.63) is 17.3 Å². The van der Waals surface area contributed by atoms with E-state index >= 15 is 0 Å². The second-order valence-electron chi connectivity index (χ2n) is 5.71. The molecule has 2 heterocycles. The summed E-state index contributed by atoms with van der Waals surface area (Å²) in [6.45, 7) is 7.49. The van der Waals surface area contributed by atoms with Gasteiger partial charge in [0.2, 0.25) is 0 Å². The summed E-state index contributed by atoms with van der Waals surface area (Å²) in [5.74, 6) is 2.30. The number of fused-ring (bicyclic) bond motifs is 1. The van der Waals surface area contributed by atoms with Gasteiger partial charge in [-0.1, -0.05) is 13.8 Å². The zero-order valence-corrected chi connectivity index (χ0v) is 15.2. The van der Waals surface area contributed by atoms with Crippen molar-refractivity contribution in [2.24, 2.45) is 0 Å². The first kappa shape index (κ1) is 16.6. The van der Waals surface area contributed by atoms with Crippen molar-refractivity contribution >= 4 is 33.9 Å². The van der Waals surface area contributed by atoms with Crippen LogP contribution in [0, 0.1) is 0 Å². The normalized spacial score (nSPS) is 13.2. The number of rotatable bonds is 8. The minimum absolute atomic E-state index is 0.473. The molecule has 2 rings (SSSR count). The summed E-state index contributed by atoms with van der Waals surface area (Å²) < 4.78 is 2.22. The van der Waals surface area contributed by atoms with Gasteiger partial charge in [-0.25, -0.2) is 4.98 Å². The number of nitrogens with one attached hydrogen (secondary N) is 1. The predicted octanol–water partition coefficient (Wildman–Crippen LogP) is 3.47. The summed E-state index contributed by atoms with van der Waals surface area (Å²) in [5, 5.41) is 5.62. The van der Waals surface area contributed by atoms with Gasteiger partial charge in [-0.3, -0.25) is 4.40 Å². The Morgan fingerprint density at radius 1 is 1.43 bits per heavy atom. The zero-order chi connectivity index (χ0) is 15.4.